The van der Waals surface area contributed by atoms with Gasteiger partial charge in [0, 0.05) is 5.69 Å². The van der Waals surface area contributed by atoms with Crippen molar-refractivity contribution in [3.05, 3.63) is 58.9 Å². The van der Waals surface area contributed by atoms with E-state index in [2.05, 4.69) is 0 Å². The number of hydrogen-bond donors (Lipinski definition) is 0. The SMILES string of the molecule is CCC(CC)(CC)OC(=O)c1ccc(N2C(=S)N(c3ccc(C#N)c(C(F)(F)F)c3)C(=O)C2(C)C)cc1F. The average molecular weight is 550 g/mol. The molecule has 3 rings (SSSR count). The van der Waals surface area contributed by atoms with Gasteiger partial charge in [0.25, 0.3) is 5.91 Å². The molecule has 1 heterocycles. The molecule has 2 aromatic carbocycles. The number of ether oxygens (including phenoxy) is 1. The van der Waals surface area contributed by atoms with E-state index in [1.807, 2.05) is 20.8 Å². The maximum Gasteiger partial charge on any atom is 0.417 e. The zero-order valence-electron chi connectivity index (χ0n) is 21.6. The van der Waals surface area contributed by atoms with Crippen LogP contribution in [0.2, 0.25) is 0 Å². The fourth-order valence-electron chi connectivity index (χ4n) is 4.49. The summed E-state index contributed by atoms with van der Waals surface area (Å²) in [4.78, 5) is 28.3. The summed E-state index contributed by atoms with van der Waals surface area (Å²) in [6.07, 6.45) is -3.15. The smallest absolute Gasteiger partial charge is 0.417 e. The lowest BCUT2D eigenvalue weighted by atomic mass is 9.94. The Kier molecular flexibility index (Phi) is 7.89. The molecule has 0 aliphatic carbocycles. The molecule has 1 aliphatic heterocycles. The highest BCUT2D eigenvalue weighted by atomic mass is 32.1. The predicted octanol–water partition coefficient (Wildman–Crippen LogP) is 6.76. The Morgan fingerprint density at radius 2 is 1.63 bits per heavy atom. The van der Waals surface area contributed by atoms with Crippen LogP contribution in [0.15, 0.2) is 36.4 Å². The predicted molar refractivity (Wildman–Crippen MR) is 138 cm³/mol. The van der Waals surface area contributed by atoms with E-state index in [0.29, 0.717) is 25.3 Å². The number of nitrogens with zero attached hydrogens (tertiary/aromatic N) is 3. The molecule has 6 nitrogen and oxygen atoms in total. The zero-order valence-corrected chi connectivity index (χ0v) is 22.4. The van der Waals surface area contributed by atoms with Crippen molar-refractivity contribution in [2.75, 3.05) is 9.80 Å². The second kappa shape index (κ2) is 10.3. The molecule has 11 heteroatoms. The van der Waals surface area contributed by atoms with Gasteiger partial charge in [-0.25, -0.2) is 9.18 Å². The minimum absolute atomic E-state index is 0.127. The maximum atomic E-state index is 15.2. The Hall–Kier alpha value is -3.52. The van der Waals surface area contributed by atoms with E-state index in [1.165, 1.54) is 43.0 Å². The first kappa shape index (κ1) is 29.0. The first-order chi connectivity index (χ1) is 17.7. The van der Waals surface area contributed by atoms with Gasteiger partial charge in [0.2, 0.25) is 0 Å². The topological polar surface area (TPSA) is 73.6 Å². The van der Waals surface area contributed by atoms with Gasteiger partial charge in [-0.1, -0.05) is 20.8 Å². The van der Waals surface area contributed by atoms with Crippen molar-refractivity contribution in [3.63, 3.8) is 0 Å². The van der Waals surface area contributed by atoms with Crippen molar-refractivity contribution in [1.82, 2.24) is 0 Å². The highest BCUT2D eigenvalue weighted by Gasteiger charge is 2.51. The van der Waals surface area contributed by atoms with Gasteiger partial charge in [-0.3, -0.25) is 9.69 Å². The van der Waals surface area contributed by atoms with Gasteiger partial charge in [0.15, 0.2) is 5.11 Å². The molecule has 2 aromatic rings. The van der Waals surface area contributed by atoms with Crippen molar-refractivity contribution < 1.29 is 31.9 Å². The van der Waals surface area contributed by atoms with E-state index in [1.54, 1.807) is 0 Å². The van der Waals surface area contributed by atoms with Crippen LogP contribution in [-0.2, 0) is 15.7 Å². The number of halogens is 4. The summed E-state index contributed by atoms with van der Waals surface area (Å²) in [7, 11) is 0. The number of benzene rings is 2. The molecule has 1 aliphatic rings. The third-order valence-corrected chi connectivity index (χ3v) is 7.39. The standard InChI is InChI=1S/C27H27F4N3O3S/c1-6-26(7-2,8-3)37-22(35)19-12-11-18(14-21(19)28)34-24(38)33(23(36)25(34,4)5)17-10-9-16(15-32)20(13-17)27(29,30)31/h9-14H,6-8H2,1-5H3. The molecule has 1 amide bonds. The zero-order chi connectivity index (χ0) is 28.6. The Labute approximate surface area is 223 Å². The van der Waals surface area contributed by atoms with Gasteiger partial charge < -0.3 is 9.64 Å². The summed E-state index contributed by atoms with van der Waals surface area (Å²) in [5.74, 6) is -2.37. The molecule has 0 unspecified atom stereocenters. The van der Waals surface area contributed by atoms with Crippen molar-refractivity contribution in [3.8, 4) is 6.07 Å². The first-order valence-corrected chi connectivity index (χ1v) is 12.4. The number of esters is 1. The molecular formula is C27H27F4N3O3S. The van der Waals surface area contributed by atoms with Gasteiger partial charge in [0.1, 0.15) is 17.0 Å². The highest BCUT2D eigenvalue weighted by molar-refractivity contribution is 7.81. The fraction of sp³-hybridized carbons (Fsp3) is 0.407. The maximum absolute atomic E-state index is 15.2. The molecule has 1 saturated heterocycles. The van der Waals surface area contributed by atoms with Crippen molar-refractivity contribution in [2.45, 2.75) is 71.2 Å². The molecule has 0 atom stereocenters. The second-order valence-corrected chi connectivity index (χ2v) is 9.82. The molecule has 1 fully saturated rings. The lowest BCUT2D eigenvalue weighted by Crippen LogP contribution is -2.44. The van der Waals surface area contributed by atoms with E-state index < -0.39 is 46.1 Å². The number of rotatable bonds is 7. The summed E-state index contributed by atoms with van der Waals surface area (Å²) in [5, 5.41) is 8.89. The lowest BCUT2D eigenvalue weighted by Gasteiger charge is -2.31. The summed E-state index contributed by atoms with van der Waals surface area (Å²) in [5.41, 5.74) is -4.27. The van der Waals surface area contributed by atoms with E-state index in [4.69, 9.17) is 22.2 Å². The Morgan fingerprint density at radius 3 is 2.13 bits per heavy atom. The first-order valence-electron chi connectivity index (χ1n) is 12.0. The van der Waals surface area contributed by atoms with Crippen LogP contribution < -0.4 is 9.80 Å². The molecule has 0 N–H and O–H groups in total. The molecule has 202 valence electrons. The van der Waals surface area contributed by atoms with Gasteiger partial charge >= 0.3 is 12.1 Å². The molecule has 0 radical (unpaired) electrons. The highest BCUT2D eigenvalue weighted by Crippen LogP contribution is 2.40. The molecule has 0 saturated carbocycles. The quantitative estimate of drug-likeness (QED) is 0.216. The summed E-state index contributed by atoms with van der Waals surface area (Å²) in [6, 6.07) is 8.00. The van der Waals surface area contributed by atoms with Crippen LogP contribution in [0.1, 0.15) is 75.4 Å². The van der Waals surface area contributed by atoms with E-state index in [0.717, 1.165) is 17.0 Å². The van der Waals surface area contributed by atoms with Gasteiger partial charge in [-0.05, 0) is 81.7 Å². The van der Waals surface area contributed by atoms with Crippen LogP contribution in [0.25, 0.3) is 0 Å². The van der Waals surface area contributed by atoms with Crippen LogP contribution in [0.5, 0.6) is 0 Å². The summed E-state index contributed by atoms with van der Waals surface area (Å²) >= 11 is 5.47. The van der Waals surface area contributed by atoms with Crippen LogP contribution in [0.3, 0.4) is 0 Å². The summed E-state index contributed by atoms with van der Waals surface area (Å²) in [6.45, 7) is 8.63. The van der Waals surface area contributed by atoms with E-state index in [9.17, 15) is 22.8 Å². The van der Waals surface area contributed by atoms with Crippen LogP contribution in [-0.4, -0.2) is 28.1 Å². The van der Waals surface area contributed by atoms with Crippen molar-refractivity contribution in [1.29, 1.82) is 5.26 Å². The molecule has 0 bridgehead atoms. The Morgan fingerprint density at radius 1 is 1.05 bits per heavy atom. The van der Waals surface area contributed by atoms with Crippen LogP contribution >= 0.6 is 12.2 Å². The van der Waals surface area contributed by atoms with Crippen LogP contribution in [0.4, 0.5) is 28.9 Å². The minimum atomic E-state index is -4.83. The lowest BCUT2D eigenvalue weighted by molar-refractivity contribution is -0.137. The van der Waals surface area contributed by atoms with E-state index >= 15 is 4.39 Å². The van der Waals surface area contributed by atoms with Gasteiger partial charge in [-0.2, -0.15) is 18.4 Å². The fourth-order valence-corrected chi connectivity index (χ4v) is 5.01. The van der Waals surface area contributed by atoms with Crippen molar-refractivity contribution >= 4 is 40.6 Å². The van der Waals surface area contributed by atoms with Crippen LogP contribution in [0, 0.1) is 17.1 Å². The van der Waals surface area contributed by atoms with Gasteiger partial charge in [0.05, 0.1) is 28.4 Å². The number of hydrogen-bond acceptors (Lipinski definition) is 5. The average Bonchev–Trinajstić information content (AvgIpc) is 3.04. The monoisotopic (exact) mass is 549 g/mol. The minimum Gasteiger partial charge on any atom is -0.455 e. The Bertz CT molecular complexity index is 1320. The number of nitriles is 1. The summed E-state index contributed by atoms with van der Waals surface area (Å²) < 4.78 is 61.4. The molecule has 0 spiro atoms. The molecule has 0 aromatic heterocycles. The third kappa shape index (κ3) is 4.97. The number of anilines is 2. The number of carbonyl (C=O) groups excluding carboxylic acids is 2. The normalized spacial score (nSPS) is 15.6. The van der Waals surface area contributed by atoms with Crippen molar-refractivity contribution in [2.24, 2.45) is 0 Å². The number of thiocarbonyl (C=S) groups is 1. The number of carbonyl (C=O) groups is 2. The largest absolute Gasteiger partial charge is 0.455 e. The Balaban J connectivity index is 2.00. The third-order valence-electron chi connectivity index (χ3n) is 7.03. The molecule has 38 heavy (non-hydrogen) atoms. The van der Waals surface area contributed by atoms with E-state index in [-0.39, 0.29) is 22.1 Å². The number of amides is 1. The number of alkyl halides is 3. The second-order valence-electron chi connectivity index (χ2n) is 9.45. The molecular weight excluding hydrogens is 522 g/mol. The van der Waals surface area contributed by atoms with Gasteiger partial charge in [-0.15, -0.1) is 0 Å².